The van der Waals surface area contributed by atoms with Crippen molar-refractivity contribution in [2.24, 2.45) is 0 Å². The standard InChI is InChI=1S/C10H7N3O4/c11-9-4-2-6-1-3-7(12(14)15)5-8(6)10(9)13(16)17/h1-5H,11H2. The van der Waals surface area contributed by atoms with Crippen LogP contribution in [0.1, 0.15) is 0 Å². The van der Waals surface area contributed by atoms with Crippen LogP contribution in [0.5, 0.6) is 0 Å². The molecule has 0 heterocycles. The van der Waals surface area contributed by atoms with E-state index in [-0.39, 0.29) is 22.4 Å². The average molecular weight is 233 g/mol. The summed E-state index contributed by atoms with van der Waals surface area (Å²) in [5.74, 6) is 0. The maximum Gasteiger partial charge on any atom is 0.300 e. The number of hydrogen-bond donors (Lipinski definition) is 1. The number of non-ortho nitro benzene ring substituents is 1. The Bertz CT molecular complexity index is 639. The molecule has 0 spiro atoms. The van der Waals surface area contributed by atoms with E-state index in [1.54, 1.807) is 6.07 Å². The summed E-state index contributed by atoms with van der Waals surface area (Å²) in [5.41, 5.74) is 4.99. The van der Waals surface area contributed by atoms with Crippen LogP contribution in [0.2, 0.25) is 0 Å². The van der Waals surface area contributed by atoms with Crippen LogP contribution < -0.4 is 5.73 Å². The van der Waals surface area contributed by atoms with Crippen LogP contribution in [0.25, 0.3) is 10.8 Å². The van der Waals surface area contributed by atoms with Crippen molar-refractivity contribution in [3.05, 3.63) is 50.6 Å². The molecule has 86 valence electrons. The molecule has 2 aromatic carbocycles. The molecule has 0 unspecified atom stereocenters. The van der Waals surface area contributed by atoms with E-state index in [9.17, 15) is 20.2 Å². The molecule has 17 heavy (non-hydrogen) atoms. The number of nitrogen functional groups attached to an aromatic ring is 1. The zero-order valence-electron chi connectivity index (χ0n) is 8.49. The molecule has 0 bridgehead atoms. The highest BCUT2D eigenvalue weighted by molar-refractivity contribution is 5.97. The van der Waals surface area contributed by atoms with Crippen LogP contribution in [0.15, 0.2) is 30.3 Å². The Morgan fingerprint density at radius 1 is 1.00 bits per heavy atom. The second-order valence-corrected chi connectivity index (χ2v) is 3.42. The number of nitrogens with two attached hydrogens (primary N) is 1. The van der Waals surface area contributed by atoms with Crippen LogP contribution in [0.3, 0.4) is 0 Å². The van der Waals surface area contributed by atoms with E-state index < -0.39 is 9.85 Å². The molecule has 0 aromatic heterocycles. The summed E-state index contributed by atoms with van der Waals surface area (Å²) < 4.78 is 0. The Morgan fingerprint density at radius 3 is 2.24 bits per heavy atom. The van der Waals surface area contributed by atoms with E-state index in [1.165, 1.54) is 18.2 Å². The van der Waals surface area contributed by atoms with Crippen molar-refractivity contribution < 1.29 is 9.85 Å². The summed E-state index contributed by atoms with van der Waals surface area (Å²) in [6, 6.07) is 6.90. The highest BCUT2D eigenvalue weighted by Crippen LogP contribution is 2.33. The van der Waals surface area contributed by atoms with E-state index >= 15 is 0 Å². The van der Waals surface area contributed by atoms with Crippen LogP contribution in [0, 0.1) is 20.2 Å². The molecule has 7 nitrogen and oxygen atoms in total. The molecular formula is C10H7N3O4. The van der Waals surface area contributed by atoms with E-state index in [0.717, 1.165) is 6.07 Å². The van der Waals surface area contributed by atoms with Gasteiger partial charge in [-0.1, -0.05) is 6.07 Å². The predicted octanol–water partition coefficient (Wildman–Crippen LogP) is 2.24. The smallest absolute Gasteiger partial charge is 0.300 e. The monoisotopic (exact) mass is 233 g/mol. The molecule has 0 saturated heterocycles. The molecule has 0 atom stereocenters. The summed E-state index contributed by atoms with van der Waals surface area (Å²) in [6.07, 6.45) is 0. The average Bonchev–Trinajstić information content (AvgIpc) is 2.27. The van der Waals surface area contributed by atoms with Crippen LogP contribution in [0.4, 0.5) is 17.1 Å². The van der Waals surface area contributed by atoms with Crippen molar-refractivity contribution >= 4 is 27.8 Å². The second-order valence-electron chi connectivity index (χ2n) is 3.42. The van der Waals surface area contributed by atoms with Gasteiger partial charge in [-0.15, -0.1) is 0 Å². The van der Waals surface area contributed by atoms with Crippen LogP contribution in [-0.4, -0.2) is 9.85 Å². The highest BCUT2D eigenvalue weighted by Gasteiger charge is 2.18. The Balaban J connectivity index is 2.85. The first-order chi connectivity index (χ1) is 8.00. The molecule has 2 rings (SSSR count). The van der Waals surface area contributed by atoms with E-state index in [2.05, 4.69) is 0 Å². The van der Waals surface area contributed by atoms with Gasteiger partial charge in [0.2, 0.25) is 0 Å². The van der Waals surface area contributed by atoms with Crippen LogP contribution in [-0.2, 0) is 0 Å². The summed E-state index contributed by atoms with van der Waals surface area (Å²) >= 11 is 0. The number of hydrogen-bond acceptors (Lipinski definition) is 5. The van der Waals surface area contributed by atoms with Gasteiger partial charge < -0.3 is 5.73 Å². The minimum atomic E-state index is -0.638. The van der Waals surface area contributed by atoms with Gasteiger partial charge in [0.25, 0.3) is 11.4 Å². The molecule has 0 aliphatic heterocycles. The topological polar surface area (TPSA) is 112 Å². The highest BCUT2D eigenvalue weighted by atomic mass is 16.6. The third-order valence-corrected chi connectivity index (χ3v) is 2.40. The minimum absolute atomic E-state index is 0.0111. The van der Waals surface area contributed by atoms with Gasteiger partial charge in [-0.25, -0.2) is 0 Å². The zero-order valence-corrected chi connectivity index (χ0v) is 8.49. The largest absolute Gasteiger partial charge is 0.393 e. The minimum Gasteiger partial charge on any atom is -0.393 e. The van der Waals surface area contributed by atoms with Crippen molar-refractivity contribution in [3.8, 4) is 0 Å². The zero-order chi connectivity index (χ0) is 12.6. The van der Waals surface area contributed by atoms with Crippen molar-refractivity contribution in [3.63, 3.8) is 0 Å². The lowest BCUT2D eigenvalue weighted by Gasteiger charge is -2.02. The lowest BCUT2D eigenvalue weighted by Crippen LogP contribution is -1.97. The number of nitro groups is 2. The van der Waals surface area contributed by atoms with Crippen molar-refractivity contribution in [2.45, 2.75) is 0 Å². The van der Waals surface area contributed by atoms with Gasteiger partial charge in [0.1, 0.15) is 5.69 Å². The molecule has 0 amide bonds. The van der Waals surface area contributed by atoms with Gasteiger partial charge in [-0.2, -0.15) is 0 Å². The van der Waals surface area contributed by atoms with Gasteiger partial charge in [0, 0.05) is 12.1 Å². The van der Waals surface area contributed by atoms with Crippen molar-refractivity contribution in [1.29, 1.82) is 0 Å². The first kappa shape index (κ1) is 10.8. The molecule has 0 fully saturated rings. The van der Waals surface area contributed by atoms with E-state index in [4.69, 9.17) is 5.73 Å². The first-order valence-electron chi connectivity index (χ1n) is 4.61. The molecule has 0 aliphatic carbocycles. The fraction of sp³-hybridized carbons (Fsp3) is 0. The number of benzene rings is 2. The Hall–Kier alpha value is -2.70. The quantitative estimate of drug-likeness (QED) is 0.485. The number of nitrogens with zero attached hydrogens (tertiary/aromatic N) is 2. The lowest BCUT2D eigenvalue weighted by molar-refractivity contribution is -0.385. The third-order valence-electron chi connectivity index (χ3n) is 2.40. The SMILES string of the molecule is Nc1ccc2ccc([N+](=O)[O-])cc2c1[N+](=O)[O-]. The summed E-state index contributed by atoms with van der Waals surface area (Å²) in [6.45, 7) is 0. The fourth-order valence-corrected chi connectivity index (χ4v) is 1.63. The predicted molar refractivity (Wildman–Crippen MR) is 61.7 cm³/mol. The number of nitro benzene ring substituents is 2. The summed E-state index contributed by atoms with van der Waals surface area (Å²) in [5, 5.41) is 22.2. The normalized spacial score (nSPS) is 10.4. The maximum absolute atomic E-state index is 10.9. The molecule has 0 saturated carbocycles. The van der Waals surface area contributed by atoms with Gasteiger partial charge in [-0.05, 0) is 17.5 Å². The first-order valence-corrected chi connectivity index (χ1v) is 4.61. The van der Waals surface area contributed by atoms with Gasteiger partial charge in [0.05, 0.1) is 15.2 Å². The molecular weight excluding hydrogens is 226 g/mol. The van der Waals surface area contributed by atoms with Gasteiger partial charge in [0.15, 0.2) is 0 Å². The fourth-order valence-electron chi connectivity index (χ4n) is 1.63. The van der Waals surface area contributed by atoms with Gasteiger partial charge >= 0.3 is 0 Å². The Labute approximate surface area is 94.8 Å². The van der Waals surface area contributed by atoms with Crippen LogP contribution >= 0.6 is 0 Å². The molecule has 0 aliphatic rings. The van der Waals surface area contributed by atoms with Gasteiger partial charge in [-0.3, -0.25) is 20.2 Å². The van der Waals surface area contributed by atoms with Crippen molar-refractivity contribution in [1.82, 2.24) is 0 Å². The maximum atomic E-state index is 10.9. The van der Waals surface area contributed by atoms with Crippen molar-refractivity contribution in [2.75, 3.05) is 5.73 Å². The molecule has 2 N–H and O–H groups in total. The molecule has 2 aromatic rings. The third kappa shape index (κ3) is 1.73. The second kappa shape index (κ2) is 3.71. The number of rotatable bonds is 2. The van der Waals surface area contributed by atoms with E-state index in [1.807, 2.05) is 0 Å². The van der Waals surface area contributed by atoms with E-state index in [0.29, 0.717) is 5.39 Å². The number of anilines is 1. The lowest BCUT2D eigenvalue weighted by atomic mass is 10.1. The summed E-state index contributed by atoms with van der Waals surface area (Å²) in [7, 11) is 0. The Kier molecular flexibility index (Phi) is 2.36. The number of fused-ring (bicyclic) bond motifs is 1. The Morgan fingerprint density at radius 2 is 1.65 bits per heavy atom. The molecule has 0 radical (unpaired) electrons. The molecule has 7 heteroatoms. The summed E-state index contributed by atoms with van der Waals surface area (Å²) in [4.78, 5) is 20.2.